The first kappa shape index (κ1) is 31.4. The van der Waals surface area contributed by atoms with E-state index in [1.165, 1.54) is 0 Å². The molecule has 34 heavy (non-hydrogen) atoms. The van der Waals surface area contributed by atoms with Crippen molar-refractivity contribution in [1.82, 2.24) is 4.90 Å². The van der Waals surface area contributed by atoms with Gasteiger partial charge in [0.05, 0.1) is 13.1 Å². The van der Waals surface area contributed by atoms with E-state index >= 15 is 0 Å². The molecule has 0 saturated heterocycles. The Balaban J connectivity index is 0.000000818. The topological polar surface area (TPSA) is 159 Å². The number of alkyl halides is 6. The lowest BCUT2D eigenvalue weighted by Gasteiger charge is -2.30. The Morgan fingerprint density at radius 1 is 1.00 bits per heavy atom. The van der Waals surface area contributed by atoms with Crippen molar-refractivity contribution in [3.8, 4) is 0 Å². The van der Waals surface area contributed by atoms with Gasteiger partial charge in [-0.3, -0.25) is 19.2 Å². The lowest BCUT2D eigenvalue weighted by atomic mass is 10.1. The molecule has 0 heterocycles. The van der Waals surface area contributed by atoms with Crippen LogP contribution < -0.4 is 11.5 Å². The van der Waals surface area contributed by atoms with Crippen LogP contribution in [0.2, 0.25) is 0 Å². The third-order valence-corrected chi connectivity index (χ3v) is 4.56. The average Bonchev–Trinajstić information content (AvgIpc) is 2.61. The number of nitrogens with two attached hydrogens (primary N) is 2. The highest BCUT2D eigenvalue weighted by Gasteiger charge is 2.42. The lowest BCUT2D eigenvalue weighted by molar-refractivity contribution is -0.191. The Labute approximate surface area is 192 Å². The van der Waals surface area contributed by atoms with Gasteiger partial charge in [0.2, 0.25) is 0 Å². The summed E-state index contributed by atoms with van der Waals surface area (Å²) in [7, 11) is -3.88. The van der Waals surface area contributed by atoms with Crippen molar-refractivity contribution >= 4 is 22.0 Å². The number of nitrogens with zero attached hydrogens (tertiary/aromatic N) is 2. The van der Waals surface area contributed by atoms with E-state index in [1.807, 2.05) is 0 Å². The third kappa shape index (κ3) is 17.9. The number of rotatable bonds is 11. The molecule has 0 fully saturated rings. The Bertz CT molecular complexity index is 859. The van der Waals surface area contributed by atoms with Gasteiger partial charge in [-0.25, -0.2) is 0 Å². The van der Waals surface area contributed by atoms with Gasteiger partial charge in [0.15, 0.2) is 5.96 Å². The molecular formula is C18H26F6N4O5S. The lowest BCUT2D eigenvalue weighted by Crippen LogP contribution is -2.49. The van der Waals surface area contributed by atoms with Crippen molar-refractivity contribution in [2.75, 3.05) is 19.6 Å². The van der Waals surface area contributed by atoms with E-state index in [9.17, 15) is 39.6 Å². The van der Waals surface area contributed by atoms with Crippen LogP contribution in [0.1, 0.15) is 24.8 Å². The number of hydrogen-bond donors (Lipinski definition) is 4. The van der Waals surface area contributed by atoms with Crippen LogP contribution in [-0.2, 0) is 20.7 Å². The highest BCUT2D eigenvalue weighted by Crippen LogP contribution is 2.25. The average molecular weight is 524 g/mol. The van der Waals surface area contributed by atoms with E-state index in [-0.39, 0.29) is 42.4 Å². The van der Waals surface area contributed by atoms with Crippen molar-refractivity contribution in [2.24, 2.45) is 16.5 Å². The van der Waals surface area contributed by atoms with Crippen LogP contribution in [0, 0.1) is 0 Å². The van der Waals surface area contributed by atoms with E-state index in [0.29, 0.717) is 5.56 Å². The SMILES string of the molecule is NC(N)=NCCCC[C@H](C(=O)O)N(CC(F)(F)F)CC(F)(F)F.O=S(=O)(O)Cc1ccccc1. The first-order valence-corrected chi connectivity index (χ1v) is 11.2. The molecule has 0 aliphatic carbocycles. The van der Waals surface area contributed by atoms with Gasteiger partial charge < -0.3 is 16.6 Å². The number of aliphatic imine (C=N–C) groups is 1. The summed E-state index contributed by atoms with van der Waals surface area (Å²) in [6.45, 7) is -3.82. The van der Waals surface area contributed by atoms with Crippen LogP contribution in [-0.4, -0.2) is 72.9 Å². The van der Waals surface area contributed by atoms with E-state index in [2.05, 4.69) is 4.99 Å². The summed E-state index contributed by atoms with van der Waals surface area (Å²) in [5, 5.41) is 8.94. The van der Waals surface area contributed by atoms with E-state index in [1.54, 1.807) is 30.3 Å². The fourth-order valence-corrected chi connectivity index (χ4v) is 3.26. The minimum absolute atomic E-state index is 0.0555. The molecule has 1 aromatic carbocycles. The highest BCUT2D eigenvalue weighted by atomic mass is 32.2. The first-order valence-electron chi connectivity index (χ1n) is 9.54. The number of benzene rings is 1. The van der Waals surface area contributed by atoms with Gasteiger partial charge in [0.25, 0.3) is 10.1 Å². The summed E-state index contributed by atoms with van der Waals surface area (Å²) in [4.78, 5) is 14.5. The fraction of sp³-hybridized carbons (Fsp3) is 0.556. The number of guanidine groups is 1. The van der Waals surface area contributed by atoms with Crippen molar-refractivity contribution in [3.63, 3.8) is 0 Å². The van der Waals surface area contributed by atoms with E-state index in [0.717, 1.165) is 0 Å². The van der Waals surface area contributed by atoms with Crippen LogP contribution in [0.25, 0.3) is 0 Å². The summed E-state index contributed by atoms with van der Waals surface area (Å²) in [6, 6.07) is 6.62. The maximum atomic E-state index is 12.4. The maximum absolute atomic E-state index is 12.4. The second kappa shape index (κ2) is 14.0. The quantitative estimate of drug-likeness (QED) is 0.113. The zero-order valence-corrected chi connectivity index (χ0v) is 18.6. The Morgan fingerprint density at radius 2 is 1.50 bits per heavy atom. The molecule has 0 saturated carbocycles. The number of carbonyl (C=O) groups is 1. The summed E-state index contributed by atoms with van der Waals surface area (Å²) < 4.78 is 103. The highest BCUT2D eigenvalue weighted by molar-refractivity contribution is 7.85. The molecule has 0 aliphatic rings. The second-order valence-corrected chi connectivity index (χ2v) is 8.46. The largest absolute Gasteiger partial charge is 0.480 e. The predicted molar refractivity (Wildman–Crippen MR) is 111 cm³/mol. The van der Waals surface area contributed by atoms with Crippen LogP contribution in [0.5, 0.6) is 0 Å². The minimum Gasteiger partial charge on any atom is -0.480 e. The number of hydrogen-bond acceptors (Lipinski definition) is 5. The molecule has 0 bridgehead atoms. The molecule has 196 valence electrons. The van der Waals surface area contributed by atoms with Crippen LogP contribution in [0.4, 0.5) is 26.3 Å². The van der Waals surface area contributed by atoms with Crippen molar-refractivity contribution in [1.29, 1.82) is 0 Å². The van der Waals surface area contributed by atoms with Gasteiger partial charge in [0, 0.05) is 6.54 Å². The smallest absolute Gasteiger partial charge is 0.401 e. The summed E-state index contributed by atoms with van der Waals surface area (Å²) in [6.07, 6.45) is -10.00. The van der Waals surface area contributed by atoms with Crippen molar-refractivity contribution in [3.05, 3.63) is 35.9 Å². The summed E-state index contributed by atoms with van der Waals surface area (Å²) in [5.74, 6) is -2.27. The van der Waals surface area contributed by atoms with Gasteiger partial charge in [0.1, 0.15) is 11.8 Å². The van der Waals surface area contributed by atoms with Gasteiger partial charge in [-0.1, -0.05) is 30.3 Å². The monoisotopic (exact) mass is 524 g/mol. The maximum Gasteiger partial charge on any atom is 0.401 e. The molecule has 1 aromatic rings. The van der Waals surface area contributed by atoms with Gasteiger partial charge in [-0.15, -0.1) is 0 Å². The second-order valence-electron chi connectivity index (χ2n) is 7.00. The number of carboxylic acid groups (broad SMARTS) is 1. The molecule has 0 aromatic heterocycles. The molecule has 6 N–H and O–H groups in total. The number of carboxylic acids is 1. The molecule has 0 amide bonds. The van der Waals surface area contributed by atoms with Crippen molar-refractivity contribution < 1.29 is 49.2 Å². The molecule has 0 spiro atoms. The summed E-state index contributed by atoms with van der Waals surface area (Å²) in [5.41, 5.74) is 10.7. The standard InChI is InChI=1S/C11H18F6N4O2.C7H8O3S/c12-10(13,14)5-21(6-11(15,16)17)7(8(22)23)3-1-2-4-20-9(18)19;8-11(9,10)6-7-4-2-1-3-5-7/h7H,1-6H2,(H,22,23)(H4,18,19,20);1-5H,6H2,(H,8,9,10)/t7-;/m1./s1. The molecule has 16 heteroatoms. The Morgan fingerprint density at radius 3 is 1.88 bits per heavy atom. The van der Waals surface area contributed by atoms with Crippen LogP contribution in [0.3, 0.4) is 0 Å². The zero-order valence-electron chi connectivity index (χ0n) is 17.8. The number of halogens is 6. The Hall–Kier alpha value is -2.59. The minimum atomic E-state index is -4.95. The first-order chi connectivity index (χ1) is 15.4. The fourth-order valence-electron chi connectivity index (χ4n) is 2.64. The molecular weight excluding hydrogens is 498 g/mol. The molecule has 1 rings (SSSR count). The summed E-state index contributed by atoms with van der Waals surface area (Å²) >= 11 is 0. The number of unbranched alkanes of at least 4 members (excludes halogenated alkanes) is 1. The van der Waals surface area contributed by atoms with Gasteiger partial charge in [-0.2, -0.15) is 34.8 Å². The van der Waals surface area contributed by atoms with Crippen molar-refractivity contribution in [2.45, 2.75) is 43.4 Å². The van der Waals surface area contributed by atoms with E-state index < -0.39 is 47.6 Å². The van der Waals surface area contributed by atoms with Gasteiger partial charge >= 0.3 is 18.3 Å². The molecule has 1 atom stereocenters. The number of aliphatic carboxylic acids is 1. The van der Waals surface area contributed by atoms with Crippen LogP contribution in [0.15, 0.2) is 35.3 Å². The molecule has 0 unspecified atom stereocenters. The molecule has 9 nitrogen and oxygen atoms in total. The predicted octanol–water partition coefficient (Wildman–Crippen LogP) is 2.38. The van der Waals surface area contributed by atoms with Gasteiger partial charge in [-0.05, 0) is 24.8 Å². The van der Waals surface area contributed by atoms with Crippen LogP contribution >= 0.6 is 0 Å². The molecule has 0 radical (unpaired) electrons. The third-order valence-electron chi connectivity index (χ3n) is 3.86. The molecule has 0 aliphatic heterocycles. The zero-order chi connectivity index (χ0) is 26.6. The Kier molecular flexibility index (Phi) is 12.9. The normalized spacial score (nSPS) is 13.1. The van der Waals surface area contributed by atoms with E-state index in [4.69, 9.17) is 21.1 Å².